The number of hydrogen-bond donors (Lipinski definition) is 0. The normalized spacial score (nSPS) is 10.4. The van der Waals surface area contributed by atoms with E-state index in [4.69, 9.17) is 5.26 Å². The summed E-state index contributed by atoms with van der Waals surface area (Å²) in [5.74, 6) is 0. The molecule has 0 bridgehead atoms. The van der Waals surface area contributed by atoms with Gasteiger partial charge in [-0.15, -0.1) is 0 Å². The molecular formula is C6H14NP. The molecule has 0 saturated carbocycles. The topological polar surface area (TPSA) is 23.8 Å². The van der Waals surface area contributed by atoms with E-state index in [0.717, 1.165) is 6.16 Å². The van der Waals surface area contributed by atoms with E-state index < -0.39 is 7.92 Å². The van der Waals surface area contributed by atoms with Gasteiger partial charge in [-0.25, -0.2) is 0 Å². The average molecular weight is 131 g/mol. The van der Waals surface area contributed by atoms with Gasteiger partial charge in [0.25, 0.3) is 0 Å². The van der Waals surface area contributed by atoms with Crippen molar-refractivity contribution in [3.8, 4) is 6.07 Å². The molecule has 0 fully saturated rings. The Morgan fingerprint density at radius 3 is 2.00 bits per heavy atom. The Kier molecular flexibility index (Phi) is 5.01. The Morgan fingerprint density at radius 1 is 1.38 bits per heavy atom. The van der Waals surface area contributed by atoms with E-state index in [2.05, 4.69) is 19.9 Å². The molecule has 0 atom stereocenters. The molecule has 1 nitrogen and oxygen atoms in total. The molecule has 0 aromatic carbocycles. The molecule has 0 rings (SSSR count). The van der Waals surface area contributed by atoms with Gasteiger partial charge in [-0.3, -0.25) is 0 Å². The van der Waals surface area contributed by atoms with Gasteiger partial charge in [-0.2, -0.15) is 0 Å². The van der Waals surface area contributed by atoms with Crippen LogP contribution in [0.5, 0.6) is 0 Å². The van der Waals surface area contributed by atoms with Crippen LogP contribution in [0.2, 0.25) is 0 Å². The Bertz CT molecular complexity index is 81.0. The first-order valence-corrected chi connectivity index (χ1v) is 5.67. The van der Waals surface area contributed by atoms with Crippen molar-refractivity contribution in [2.75, 3.05) is 18.5 Å². The molecule has 0 unspecified atom stereocenters. The fraction of sp³-hybridized carbons (Fsp3) is 0.833. The molecular weight excluding hydrogens is 117 g/mol. The predicted octanol–water partition coefficient (Wildman–Crippen LogP) is 1.50. The van der Waals surface area contributed by atoms with E-state index in [1.165, 1.54) is 12.3 Å². The zero-order valence-electron chi connectivity index (χ0n) is 5.65. The van der Waals surface area contributed by atoms with Crippen molar-refractivity contribution in [2.24, 2.45) is 0 Å². The minimum atomic E-state index is -0.553. The molecule has 0 aromatic heterocycles. The van der Waals surface area contributed by atoms with Crippen LogP contribution >= 0.6 is 7.92 Å². The van der Waals surface area contributed by atoms with Gasteiger partial charge in [-0.05, 0) is 0 Å². The third kappa shape index (κ3) is 2.99. The van der Waals surface area contributed by atoms with Gasteiger partial charge in [0.1, 0.15) is 0 Å². The van der Waals surface area contributed by atoms with Crippen molar-refractivity contribution >= 4 is 7.92 Å². The number of rotatable bonds is 3. The first-order valence-electron chi connectivity index (χ1n) is 3.22. The summed E-state index contributed by atoms with van der Waals surface area (Å²) >= 11 is 0. The molecule has 0 amide bonds. The molecule has 0 aliphatic carbocycles. The molecule has 0 aliphatic heterocycles. The van der Waals surface area contributed by atoms with E-state index in [1.54, 1.807) is 0 Å². The minimum absolute atomic E-state index is 0.553. The van der Waals surface area contributed by atoms with E-state index in [-0.39, 0.29) is 0 Å². The van der Waals surface area contributed by atoms with Crippen LogP contribution in [0, 0.1) is 11.3 Å². The summed E-state index contributed by atoms with van der Waals surface area (Å²) < 4.78 is 0. The van der Waals surface area contributed by atoms with Crippen molar-refractivity contribution in [2.45, 2.75) is 13.8 Å². The van der Waals surface area contributed by atoms with Crippen LogP contribution in [-0.4, -0.2) is 18.5 Å². The first-order chi connectivity index (χ1) is 3.85. The standard InChI is InChI=1S/C6H14NP/c1-3-8(4-2)6-5-7/h3-4,6,8H2,1-2H3. The second-order valence-electron chi connectivity index (χ2n) is 2.04. The van der Waals surface area contributed by atoms with Crippen LogP contribution in [0.4, 0.5) is 0 Å². The van der Waals surface area contributed by atoms with Gasteiger partial charge in [0.15, 0.2) is 0 Å². The summed E-state index contributed by atoms with van der Waals surface area (Å²) in [5.41, 5.74) is 0. The molecule has 0 aromatic rings. The number of nitriles is 1. The molecule has 48 valence electrons. The van der Waals surface area contributed by atoms with E-state index in [0.29, 0.717) is 0 Å². The molecule has 0 spiro atoms. The Morgan fingerprint density at radius 2 is 1.88 bits per heavy atom. The van der Waals surface area contributed by atoms with Crippen molar-refractivity contribution in [1.29, 1.82) is 5.26 Å². The zero-order valence-corrected chi connectivity index (χ0v) is 6.80. The Hall–Kier alpha value is -0.0800. The van der Waals surface area contributed by atoms with Crippen molar-refractivity contribution in [3.63, 3.8) is 0 Å². The third-order valence-electron chi connectivity index (χ3n) is 1.53. The second-order valence-corrected chi connectivity index (χ2v) is 5.82. The maximum atomic E-state index is 8.28. The SMILES string of the molecule is CC[PH2](CC)CC#N. The molecule has 0 saturated heterocycles. The first kappa shape index (κ1) is 7.92. The summed E-state index contributed by atoms with van der Waals surface area (Å²) in [7, 11) is -0.553. The van der Waals surface area contributed by atoms with Gasteiger partial charge in [0, 0.05) is 0 Å². The van der Waals surface area contributed by atoms with E-state index >= 15 is 0 Å². The molecule has 0 heterocycles. The van der Waals surface area contributed by atoms with Gasteiger partial charge >= 0.3 is 51.6 Å². The predicted molar refractivity (Wildman–Crippen MR) is 41.3 cm³/mol. The van der Waals surface area contributed by atoms with Gasteiger partial charge < -0.3 is 0 Å². The molecule has 0 N–H and O–H groups in total. The molecule has 2 heteroatoms. The molecule has 8 heavy (non-hydrogen) atoms. The van der Waals surface area contributed by atoms with Crippen LogP contribution in [0.1, 0.15) is 13.8 Å². The molecule has 0 radical (unpaired) electrons. The van der Waals surface area contributed by atoms with Crippen molar-refractivity contribution < 1.29 is 0 Å². The zero-order chi connectivity index (χ0) is 6.41. The summed E-state index contributed by atoms with van der Waals surface area (Å²) in [6, 6.07) is 2.23. The van der Waals surface area contributed by atoms with Crippen LogP contribution in [-0.2, 0) is 0 Å². The monoisotopic (exact) mass is 131 g/mol. The Labute approximate surface area is 52.5 Å². The van der Waals surface area contributed by atoms with E-state index in [9.17, 15) is 0 Å². The van der Waals surface area contributed by atoms with Crippen LogP contribution in [0.3, 0.4) is 0 Å². The third-order valence-corrected chi connectivity index (χ3v) is 4.60. The average Bonchev–Trinajstić information content (AvgIpc) is 1.83. The summed E-state index contributed by atoms with van der Waals surface area (Å²) in [6.45, 7) is 4.38. The number of nitrogens with zero attached hydrogens (tertiary/aromatic N) is 1. The molecule has 0 aliphatic rings. The van der Waals surface area contributed by atoms with E-state index in [1.807, 2.05) is 0 Å². The van der Waals surface area contributed by atoms with Gasteiger partial charge in [-0.1, -0.05) is 0 Å². The summed E-state index contributed by atoms with van der Waals surface area (Å²) in [6.07, 6.45) is 3.43. The Balaban J connectivity index is 3.25. The van der Waals surface area contributed by atoms with Gasteiger partial charge in [0.2, 0.25) is 0 Å². The fourth-order valence-electron chi connectivity index (χ4n) is 0.706. The quantitative estimate of drug-likeness (QED) is 0.532. The van der Waals surface area contributed by atoms with Crippen molar-refractivity contribution in [3.05, 3.63) is 0 Å². The fourth-order valence-corrected chi connectivity index (χ4v) is 2.12. The van der Waals surface area contributed by atoms with Crippen LogP contribution in [0.25, 0.3) is 0 Å². The number of hydrogen-bond acceptors (Lipinski definition) is 1. The summed E-state index contributed by atoms with van der Waals surface area (Å²) in [5, 5.41) is 8.28. The maximum absolute atomic E-state index is 8.28. The van der Waals surface area contributed by atoms with Crippen LogP contribution in [0.15, 0.2) is 0 Å². The van der Waals surface area contributed by atoms with Crippen molar-refractivity contribution in [1.82, 2.24) is 0 Å². The second kappa shape index (κ2) is 5.06. The summed E-state index contributed by atoms with van der Waals surface area (Å²) in [4.78, 5) is 0. The van der Waals surface area contributed by atoms with Gasteiger partial charge in [0.05, 0.1) is 0 Å². The van der Waals surface area contributed by atoms with Crippen LogP contribution < -0.4 is 0 Å².